The summed E-state index contributed by atoms with van der Waals surface area (Å²) >= 11 is 0. The number of anilines is 1. The van der Waals surface area contributed by atoms with Crippen LogP contribution in [-0.2, 0) is 16.0 Å². The number of carbonyl (C=O) groups is 3. The number of rotatable bonds is 4. The van der Waals surface area contributed by atoms with Gasteiger partial charge in [-0.2, -0.15) is 0 Å². The second-order valence-electron chi connectivity index (χ2n) is 8.65. The molecule has 152 valence electrons. The lowest BCUT2D eigenvalue weighted by molar-refractivity contribution is -0.151. The standard InChI is InChI=1S/C23H27N3O3/c1-15(2)7-6-12-26-21(28)23(20(27)24-22(26)29)13-18-17-9-5-4-8-16(17)10-11-19(18)25(3)14-23/h4-5,8-11,15H,6-7,12-14H2,1-3H3,(H,24,27,29)/t23-/m0/s1. The number of fused-ring (bicyclic) bond motifs is 3. The van der Waals surface area contributed by atoms with Crippen LogP contribution in [0.1, 0.15) is 32.3 Å². The molecule has 4 amide bonds. The fourth-order valence-corrected chi connectivity index (χ4v) is 4.60. The Labute approximate surface area is 170 Å². The number of carbonyl (C=O) groups excluding carboxylic acids is 3. The number of hydrogen-bond acceptors (Lipinski definition) is 4. The third kappa shape index (κ3) is 3.16. The molecule has 6 heteroatoms. The largest absolute Gasteiger partial charge is 0.373 e. The molecule has 2 aromatic carbocycles. The molecule has 2 aliphatic heterocycles. The van der Waals surface area contributed by atoms with Gasteiger partial charge in [-0.3, -0.25) is 19.8 Å². The Morgan fingerprint density at radius 1 is 1.10 bits per heavy atom. The van der Waals surface area contributed by atoms with Crippen LogP contribution < -0.4 is 10.2 Å². The first-order chi connectivity index (χ1) is 13.8. The van der Waals surface area contributed by atoms with E-state index >= 15 is 0 Å². The number of urea groups is 1. The van der Waals surface area contributed by atoms with Crippen molar-refractivity contribution in [3.63, 3.8) is 0 Å². The Hall–Kier alpha value is -2.89. The molecule has 0 aromatic heterocycles. The molecule has 0 unspecified atom stereocenters. The molecular formula is C23H27N3O3. The maximum Gasteiger partial charge on any atom is 0.330 e. The van der Waals surface area contributed by atoms with Crippen LogP contribution >= 0.6 is 0 Å². The third-order valence-electron chi connectivity index (χ3n) is 6.13. The van der Waals surface area contributed by atoms with Crippen molar-refractivity contribution >= 4 is 34.3 Å². The van der Waals surface area contributed by atoms with Crippen molar-refractivity contribution in [1.29, 1.82) is 0 Å². The summed E-state index contributed by atoms with van der Waals surface area (Å²) in [7, 11) is 1.90. The fourth-order valence-electron chi connectivity index (χ4n) is 4.60. The Balaban J connectivity index is 1.73. The van der Waals surface area contributed by atoms with E-state index in [1.165, 1.54) is 4.90 Å². The van der Waals surface area contributed by atoms with Crippen LogP contribution in [0, 0.1) is 11.3 Å². The minimum Gasteiger partial charge on any atom is -0.373 e. The maximum absolute atomic E-state index is 13.5. The van der Waals surface area contributed by atoms with Gasteiger partial charge in [0.1, 0.15) is 5.41 Å². The molecule has 0 bridgehead atoms. The minimum atomic E-state index is -1.28. The van der Waals surface area contributed by atoms with Crippen molar-refractivity contribution in [2.45, 2.75) is 33.1 Å². The number of nitrogens with one attached hydrogen (secondary N) is 1. The summed E-state index contributed by atoms with van der Waals surface area (Å²) in [5.74, 6) is -0.369. The molecule has 2 aromatic rings. The average molecular weight is 393 g/mol. The SMILES string of the molecule is CC(C)CCCN1C(=O)NC(=O)[C@@]2(Cc3c(ccc4ccccc34)N(C)C2)C1=O. The van der Waals surface area contributed by atoms with Crippen LogP contribution in [0.5, 0.6) is 0 Å². The summed E-state index contributed by atoms with van der Waals surface area (Å²) in [6, 6.07) is 11.5. The first-order valence-corrected chi connectivity index (χ1v) is 10.2. The molecule has 0 radical (unpaired) electrons. The van der Waals surface area contributed by atoms with E-state index in [2.05, 4.69) is 25.2 Å². The molecule has 0 aliphatic carbocycles. The van der Waals surface area contributed by atoms with Crippen LogP contribution in [0.25, 0.3) is 10.8 Å². The lowest BCUT2D eigenvalue weighted by Gasteiger charge is -2.45. The van der Waals surface area contributed by atoms with Crippen molar-refractivity contribution < 1.29 is 14.4 Å². The highest BCUT2D eigenvalue weighted by molar-refractivity contribution is 6.20. The highest BCUT2D eigenvalue weighted by Gasteiger charge is 2.56. The summed E-state index contributed by atoms with van der Waals surface area (Å²) < 4.78 is 0. The Morgan fingerprint density at radius 2 is 1.86 bits per heavy atom. The van der Waals surface area contributed by atoms with Crippen LogP contribution in [-0.4, -0.2) is 42.9 Å². The molecule has 1 atom stereocenters. The molecule has 2 heterocycles. The summed E-state index contributed by atoms with van der Waals surface area (Å²) in [4.78, 5) is 42.1. The number of nitrogens with zero attached hydrogens (tertiary/aromatic N) is 2. The van der Waals surface area contributed by atoms with Gasteiger partial charge < -0.3 is 4.90 Å². The minimum absolute atomic E-state index is 0.261. The van der Waals surface area contributed by atoms with E-state index in [0.717, 1.165) is 34.9 Å². The maximum atomic E-state index is 13.5. The summed E-state index contributed by atoms with van der Waals surface area (Å²) in [6.45, 7) is 4.82. The molecular weight excluding hydrogens is 366 g/mol. The van der Waals surface area contributed by atoms with E-state index in [0.29, 0.717) is 18.9 Å². The van der Waals surface area contributed by atoms with Crippen molar-refractivity contribution in [3.8, 4) is 0 Å². The van der Waals surface area contributed by atoms with Crippen LogP contribution in [0.2, 0.25) is 0 Å². The Bertz CT molecular complexity index is 1000. The molecule has 1 spiro atoms. The van der Waals surface area contributed by atoms with Crippen molar-refractivity contribution in [1.82, 2.24) is 10.2 Å². The number of imide groups is 2. The van der Waals surface area contributed by atoms with E-state index in [9.17, 15) is 14.4 Å². The number of amides is 4. The van der Waals surface area contributed by atoms with Gasteiger partial charge in [0, 0.05) is 32.2 Å². The van der Waals surface area contributed by atoms with E-state index in [-0.39, 0.29) is 12.5 Å². The predicted octanol–water partition coefficient (Wildman–Crippen LogP) is 3.33. The summed E-state index contributed by atoms with van der Waals surface area (Å²) in [5, 5.41) is 4.57. The van der Waals surface area contributed by atoms with Crippen LogP contribution in [0.15, 0.2) is 36.4 Å². The topological polar surface area (TPSA) is 69.7 Å². The van der Waals surface area contributed by atoms with Gasteiger partial charge >= 0.3 is 6.03 Å². The summed E-state index contributed by atoms with van der Waals surface area (Å²) in [5.41, 5.74) is 0.729. The number of barbiturate groups is 1. The van der Waals surface area contributed by atoms with Gasteiger partial charge in [-0.25, -0.2) is 4.79 Å². The van der Waals surface area contributed by atoms with E-state index in [1.54, 1.807) is 0 Å². The Kier molecular flexibility index (Phi) is 4.81. The number of hydrogen-bond donors (Lipinski definition) is 1. The molecule has 0 saturated carbocycles. The van der Waals surface area contributed by atoms with Gasteiger partial charge in [0.05, 0.1) is 0 Å². The van der Waals surface area contributed by atoms with E-state index in [4.69, 9.17) is 0 Å². The lowest BCUT2D eigenvalue weighted by atomic mass is 9.73. The Morgan fingerprint density at radius 3 is 2.62 bits per heavy atom. The highest BCUT2D eigenvalue weighted by Crippen LogP contribution is 2.42. The van der Waals surface area contributed by atoms with E-state index in [1.807, 2.05) is 42.3 Å². The number of benzene rings is 2. The zero-order chi connectivity index (χ0) is 20.8. The molecule has 6 nitrogen and oxygen atoms in total. The normalized spacial score (nSPS) is 21.9. The van der Waals surface area contributed by atoms with Gasteiger partial charge in [0.15, 0.2) is 0 Å². The monoisotopic (exact) mass is 393 g/mol. The molecule has 1 fully saturated rings. The van der Waals surface area contributed by atoms with Gasteiger partial charge in [0.2, 0.25) is 11.8 Å². The zero-order valence-electron chi connectivity index (χ0n) is 17.2. The van der Waals surface area contributed by atoms with Gasteiger partial charge in [-0.05, 0) is 41.2 Å². The highest BCUT2D eigenvalue weighted by atomic mass is 16.2. The van der Waals surface area contributed by atoms with Gasteiger partial charge in [0.25, 0.3) is 0 Å². The third-order valence-corrected chi connectivity index (χ3v) is 6.13. The zero-order valence-corrected chi connectivity index (χ0v) is 17.2. The fraction of sp³-hybridized carbons (Fsp3) is 0.435. The van der Waals surface area contributed by atoms with E-state index < -0.39 is 17.4 Å². The van der Waals surface area contributed by atoms with Crippen molar-refractivity contribution in [3.05, 3.63) is 42.0 Å². The first-order valence-electron chi connectivity index (χ1n) is 10.2. The molecule has 4 rings (SSSR count). The van der Waals surface area contributed by atoms with Crippen LogP contribution in [0.3, 0.4) is 0 Å². The van der Waals surface area contributed by atoms with Crippen molar-refractivity contribution in [2.75, 3.05) is 25.0 Å². The second kappa shape index (κ2) is 7.17. The molecule has 29 heavy (non-hydrogen) atoms. The second-order valence-corrected chi connectivity index (χ2v) is 8.65. The lowest BCUT2D eigenvalue weighted by Crippen LogP contribution is -2.68. The summed E-state index contributed by atoms with van der Waals surface area (Å²) in [6.07, 6.45) is 1.95. The van der Waals surface area contributed by atoms with Gasteiger partial charge in [-0.15, -0.1) is 0 Å². The quantitative estimate of drug-likeness (QED) is 0.809. The van der Waals surface area contributed by atoms with Gasteiger partial charge in [-0.1, -0.05) is 44.2 Å². The van der Waals surface area contributed by atoms with Crippen LogP contribution in [0.4, 0.5) is 10.5 Å². The molecule has 2 aliphatic rings. The smallest absolute Gasteiger partial charge is 0.330 e. The molecule has 1 saturated heterocycles. The first kappa shape index (κ1) is 19.4. The average Bonchev–Trinajstić information content (AvgIpc) is 2.69. The van der Waals surface area contributed by atoms with Crippen molar-refractivity contribution in [2.24, 2.45) is 11.3 Å². The molecule has 1 N–H and O–H groups in total. The predicted molar refractivity (Wildman–Crippen MR) is 113 cm³/mol.